The number of rotatable bonds is 4. The van der Waals surface area contributed by atoms with Gasteiger partial charge in [-0.25, -0.2) is 0 Å². The van der Waals surface area contributed by atoms with Crippen LogP contribution in [0, 0.1) is 0 Å². The molecule has 0 saturated heterocycles. The maximum absolute atomic E-state index is 12.1. The summed E-state index contributed by atoms with van der Waals surface area (Å²) in [5, 5.41) is 9.94. The summed E-state index contributed by atoms with van der Waals surface area (Å²) in [7, 11) is 1.75. The van der Waals surface area contributed by atoms with Crippen molar-refractivity contribution < 1.29 is 14.6 Å². The normalized spacial score (nSPS) is 22.8. The molecule has 1 saturated carbocycles. The van der Waals surface area contributed by atoms with Crippen LogP contribution in [0.3, 0.4) is 0 Å². The molecule has 1 aromatic carbocycles. The van der Waals surface area contributed by atoms with Crippen LogP contribution in [0.2, 0.25) is 0 Å². The molecule has 0 aromatic heterocycles. The third-order valence-corrected chi connectivity index (χ3v) is 3.69. The van der Waals surface area contributed by atoms with Gasteiger partial charge in [0.1, 0.15) is 5.75 Å². The molecule has 0 radical (unpaired) electrons. The van der Waals surface area contributed by atoms with Gasteiger partial charge in [0.05, 0.1) is 12.1 Å². The molecule has 0 aliphatic heterocycles. The number of ether oxygens (including phenoxy) is 1. The van der Waals surface area contributed by atoms with Gasteiger partial charge < -0.3 is 14.7 Å². The topological polar surface area (TPSA) is 49.8 Å². The van der Waals surface area contributed by atoms with Crippen molar-refractivity contribution in [3.8, 4) is 5.75 Å². The Labute approximate surface area is 114 Å². The summed E-state index contributed by atoms with van der Waals surface area (Å²) in [5.41, 5.74) is 0. The molecule has 0 spiro atoms. The van der Waals surface area contributed by atoms with Crippen molar-refractivity contribution in [2.24, 2.45) is 0 Å². The third kappa shape index (κ3) is 3.70. The van der Waals surface area contributed by atoms with Crippen molar-refractivity contribution >= 4 is 5.91 Å². The summed E-state index contributed by atoms with van der Waals surface area (Å²) >= 11 is 0. The standard InChI is InChI=1S/C15H21NO3/c1-16(13-9-5-6-10-14(13)17)15(18)11-19-12-7-3-2-4-8-12/h2-4,7-8,13-14,17H,5-6,9-11H2,1H3. The van der Waals surface area contributed by atoms with E-state index in [1.165, 1.54) is 0 Å². The predicted octanol–water partition coefficient (Wildman–Crippen LogP) is 1.83. The van der Waals surface area contributed by atoms with Crippen LogP contribution in [0.1, 0.15) is 25.7 Å². The lowest BCUT2D eigenvalue weighted by Crippen LogP contribution is -2.47. The molecule has 0 heterocycles. The molecule has 1 amide bonds. The lowest BCUT2D eigenvalue weighted by molar-refractivity contribution is -0.137. The van der Waals surface area contributed by atoms with Crippen molar-refractivity contribution in [3.63, 3.8) is 0 Å². The Kier molecular flexibility index (Phi) is 4.80. The minimum atomic E-state index is -0.403. The highest BCUT2D eigenvalue weighted by Gasteiger charge is 2.29. The van der Waals surface area contributed by atoms with Gasteiger partial charge in [-0.1, -0.05) is 31.0 Å². The first kappa shape index (κ1) is 13.9. The van der Waals surface area contributed by atoms with Crippen molar-refractivity contribution in [2.75, 3.05) is 13.7 Å². The molecule has 2 unspecified atom stereocenters. The third-order valence-electron chi connectivity index (χ3n) is 3.69. The first-order chi connectivity index (χ1) is 9.18. The van der Waals surface area contributed by atoms with Crippen LogP contribution < -0.4 is 4.74 Å². The molecule has 19 heavy (non-hydrogen) atoms. The highest BCUT2D eigenvalue weighted by atomic mass is 16.5. The second-order valence-electron chi connectivity index (χ2n) is 5.03. The van der Waals surface area contributed by atoms with Crippen molar-refractivity contribution in [3.05, 3.63) is 30.3 Å². The second-order valence-corrected chi connectivity index (χ2v) is 5.03. The summed E-state index contributed by atoms with van der Waals surface area (Å²) in [6, 6.07) is 9.22. The van der Waals surface area contributed by atoms with E-state index < -0.39 is 6.10 Å². The lowest BCUT2D eigenvalue weighted by Gasteiger charge is -2.35. The van der Waals surface area contributed by atoms with Crippen LogP contribution in [0.5, 0.6) is 5.75 Å². The van der Waals surface area contributed by atoms with Gasteiger partial charge in [-0.15, -0.1) is 0 Å². The Morgan fingerprint density at radius 1 is 1.32 bits per heavy atom. The fraction of sp³-hybridized carbons (Fsp3) is 0.533. The Balaban J connectivity index is 1.85. The van der Waals surface area contributed by atoms with Gasteiger partial charge in [0, 0.05) is 7.05 Å². The number of hydrogen-bond acceptors (Lipinski definition) is 3. The Bertz CT molecular complexity index is 407. The molecule has 4 heteroatoms. The van der Waals surface area contributed by atoms with E-state index in [-0.39, 0.29) is 18.6 Å². The van der Waals surface area contributed by atoms with Crippen LogP contribution in [0.15, 0.2) is 30.3 Å². The van der Waals surface area contributed by atoms with Crippen LogP contribution in [-0.2, 0) is 4.79 Å². The van der Waals surface area contributed by atoms with Crippen molar-refractivity contribution in [2.45, 2.75) is 37.8 Å². The molecule has 4 nitrogen and oxygen atoms in total. The Morgan fingerprint density at radius 3 is 2.68 bits per heavy atom. The van der Waals surface area contributed by atoms with Gasteiger partial charge in [0.15, 0.2) is 6.61 Å². The molecule has 2 atom stereocenters. The van der Waals surface area contributed by atoms with Gasteiger partial charge in [-0.3, -0.25) is 4.79 Å². The number of aliphatic hydroxyl groups excluding tert-OH is 1. The van der Waals surface area contributed by atoms with E-state index in [0.29, 0.717) is 5.75 Å². The molecule has 1 aromatic rings. The number of carbonyl (C=O) groups excluding carboxylic acids is 1. The molecule has 0 bridgehead atoms. The molecule has 104 valence electrons. The minimum Gasteiger partial charge on any atom is -0.484 e. The van der Waals surface area contributed by atoms with Gasteiger partial charge >= 0.3 is 0 Å². The average Bonchev–Trinajstić information content (AvgIpc) is 2.45. The van der Waals surface area contributed by atoms with Crippen molar-refractivity contribution in [1.82, 2.24) is 4.90 Å². The fourth-order valence-corrected chi connectivity index (χ4v) is 2.49. The SMILES string of the molecule is CN(C(=O)COc1ccccc1)C1CCCCC1O. The van der Waals surface area contributed by atoms with E-state index in [2.05, 4.69) is 0 Å². The van der Waals surface area contributed by atoms with E-state index >= 15 is 0 Å². The first-order valence-electron chi connectivity index (χ1n) is 6.80. The van der Waals surface area contributed by atoms with Crippen LogP contribution in [-0.4, -0.2) is 41.7 Å². The summed E-state index contributed by atoms with van der Waals surface area (Å²) in [4.78, 5) is 13.7. The fourth-order valence-electron chi connectivity index (χ4n) is 2.49. The lowest BCUT2D eigenvalue weighted by atomic mass is 9.91. The summed E-state index contributed by atoms with van der Waals surface area (Å²) in [5.74, 6) is 0.600. The van der Waals surface area contributed by atoms with E-state index in [1.807, 2.05) is 30.3 Å². The molecule has 2 rings (SSSR count). The smallest absolute Gasteiger partial charge is 0.260 e. The van der Waals surface area contributed by atoms with Gasteiger partial charge in [0.2, 0.25) is 0 Å². The highest BCUT2D eigenvalue weighted by Crippen LogP contribution is 2.22. The van der Waals surface area contributed by atoms with Crippen LogP contribution in [0.4, 0.5) is 0 Å². The number of para-hydroxylation sites is 1. The van der Waals surface area contributed by atoms with Gasteiger partial charge in [-0.2, -0.15) is 0 Å². The number of aliphatic hydroxyl groups is 1. The van der Waals surface area contributed by atoms with E-state index in [0.717, 1.165) is 25.7 Å². The zero-order valence-electron chi connectivity index (χ0n) is 11.3. The van der Waals surface area contributed by atoms with E-state index in [4.69, 9.17) is 4.74 Å². The maximum atomic E-state index is 12.1. The molecule has 1 fully saturated rings. The predicted molar refractivity (Wildman–Crippen MR) is 73.0 cm³/mol. The second kappa shape index (κ2) is 6.57. The summed E-state index contributed by atoms with van der Waals surface area (Å²) < 4.78 is 5.44. The number of benzene rings is 1. The Hall–Kier alpha value is -1.55. The number of nitrogens with zero attached hydrogens (tertiary/aromatic N) is 1. The van der Waals surface area contributed by atoms with Crippen LogP contribution in [0.25, 0.3) is 0 Å². The zero-order chi connectivity index (χ0) is 13.7. The molecule has 1 aliphatic carbocycles. The quantitative estimate of drug-likeness (QED) is 0.901. The van der Waals surface area contributed by atoms with Gasteiger partial charge in [0.25, 0.3) is 5.91 Å². The zero-order valence-corrected chi connectivity index (χ0v) is 11.3. The number of amides is 1. The largest absolute Gasteiger partial charge is 0.484 e. The molecule has 1 aliphatic rings. The molecular formula is C15H21NO3. The maximum Gasteiger partial charge on any atom is 0.260 e. The van der Waals surface area contributed by atoms with Crippen molar-refractivity contribution in [1.29, 1.82) is 0 Å². The summed E-state index contributed by atoms with van der Waals surface area (Å²) in [6.07, 6.45) is 3.36. The number of likely N-dealkylation sites (N-methyl/N-ethyl adjacent to an activating group) is 1. The number of hydrogen-bond donors (Lipinski definition) is 1. The van der Waals surface area contributed by atoms with Crippen LogP contribution >= 0.6 is 0 Å². The average molecular weight is 263 g/mol. The highest BCUT2D eigenvalue weighted by molar-refractivity contribution is 5.77. The minimum absolute atomic E-state index is 0.0176. The summed E-state index contributed by atoms with van der Waals surface area (Å²) in [6.45, 7) is 0.0176. The van der Waals surface area contributed by atoms with E-state index in [1.54, 1.807) is 11.9 Å². The molecular weight excluding hydrogens is 242 g/mol. The number of carbonyl (C=O) groups is 1. The van der Waals surface area contributed by atoms with Gasteiger partial charge in [-0.05, 0) is 25.0 Å². The van der Waals surface area contributed by atoms with E-state index in [9.17, 15) is 9.90 Å². The molecule has 1 N–H and O–H groups in total. The Morgan fingerprint density at radius 2 is 2.00 bits per heavy atom. The monoisotopic (exact) mass is 263 g/mol. The first-order valence-corrected chi connectivity index (χ1v) is 6.80.